The Labute approximate surface area is 189 Å². The number of anilines is 2. The number of thiophene rings is 1. The minimum Gasteiger partial charge on any atom is -0.477 e. The Kier molecular flexibility index (Phi) is 4.57. The average Bonchev–Trinajstić information content (AvgIpc) is 3.24. The van der Waals surface area contributed by atoms with Crippen LogP contribution in [0.15, 0.2) is 17.2 Å². The largest absolute Gasteiger partial charge is 0.477 e. The van der Waals surface area contributed by atoms with Crippen molar-refractivity contribution >= 4 is 44.9 Å². The van der Waals surface area contributed by atoms with Gasteiger partial charge in [0.1, 0.15) is 38.9 Å². The first kappa shape index (κ1) is 21.4. The molecule has 172 valence electrons. The standard InChI is InChI=1S/C21H19F2N5O4S/c1-9-7-11(26-15-12-10(2)14(19(31)32)33-17(12)25-8-24-15)18(30)28-13(9)16(29)27-21(28)5-3-20(22,23)4-6-21/h7-8H,3-6H2,1-2H3,(H,27,29)(H,31,32)(H,24,25,26). The maximum absolute atomic E-state index is 13.8. The van der Waals surface area contributed by atoms with Crippen molar-refractivity contribution in [2.24, 2.45) is 0 Å². The number of halogens is 2. The fourth-order valence-corrected chi connectivity index (χ4v) is 5.71. The van der Waals surface area contributed by atoms with Crippen LogP contribution in [0, 0.1) is 13.8 Å². The van der Waals surface area contributed by atoms with Crippen LogP contribution < -0.4 is 16.2 Å². The molecule has 33 heavy (non-hydrogen) atoms. The molecule has 2 aliphatic rings. The average molecular weight is 475 g/mol. The number of carboxylic acids is 1. The number of aromatic nitrogens is 3. The maximum atomic E-state index is 13.8. The molecule has 0 unspecified atom stereocenters. The van der Waals surface area contributed by atoms with Gasteiger partial charge >= 0.3 is 5.97 Å². The number of rotatable bonds is 3. The minimum atomic E-state index is -2.84. The number of aryl methyl sites for hydroxylation is 2. The highest BCUT2D eigenvalue weighted by Crippen LogP contribution is 2.43. The SMILES string of the molecule is Cc1cc(Nc2ncnc3sc(C(=O)O)c(C)c23)c(=O)n2c1C(=O)NC21CCC(F)(F)CC1. The van der Waals surface area contributed by atoms with Crippen LogP contribution in [0.5, 0.6) is 0 Å². The molecular formula is C21H19F2N5O4S. The summed E-state index contributed by atoms with van der Waals surface area (Å²) in [5.41, 5.74) is -0.523. The van der Waals surface area contributed by atoms with Crippen molar-refractivity contribution in [3.05, 3.63) is 44.4 Å². The van der Waals surface area contributed by atoms with Crippen LogP contribution in [0.4, 0.5) is 20.3 Å². The molecule has 0 radical (unpaired) electrons. The van der Waals surface area contributed by atoms with Crippen LogP contribution >= 0.6 is 11.3 Å². The van der Waals surface area contributed by atoms with Gasteiger partial charge in [-0.3, -0.25) is 14.2 Å². The third-order valence-electron chi connectivity index (χ3n) is 6.36. The summed E-state index contributed by atoms with van der Waals surface area (Å²) in [7, 11) is 0. The van der Waals surface area contributed by atoms with Gasteiger partial charge in [0, 0.05) is 12.8 Å². The first-order valence-electron chi connectivity index (χ1n) is 10.2. The molecule has 1 spiro atoms. The maximum Gasteiger partial charge on any atom is 0.346 e. The quantitative estimate of drug-likeness (QED) is 0.529. The van der Waals surface area contributed by atoms with Crippen molar-refractivity contribution in [2.45, 2.75) is 51.1 Å². The number of nitrogens with zero attached hydrogens (tertiary/aromatic N) is 3. The van der Waals surface area contributed by atoms with Gasteiger partial charge in [0.05, 0.1) is 5.39 Å². The Morgan fingerprint density at radius 3 is 2.58 bits per heavy atom. The van der Waals surface area contributed by atoms with E-state index in [-0.39, 0.29) is 34.9 Å². The Balaban J connectivity index is 1.64. The summed E-state index contributed by atoms with van der Waals surface area (Å²) in [6, 6.07) is 1.51. The molecule has 0 bridgehead atoms. The number of aromatic carboxylic acids is 1. The normalized spacial score (nSPS) is 18.4. The van der Waals surface area contributed by atoms with E-state index < -0.39 is 41.9 Å². The summed E-state index contributed by atoms with van der Waals surface area (Å²) in [5, 5.41) is 15.7. The van der Waals surface area contributed by atoms with Gasteiger partial charge < -0.3 is 15.7 Å². The molecule has 9 nitrogen and oxygen atoms in total. The van der Waals surface area contributed by atoms with Gasteiger partial charge in [-0.1, -0.05) is 0 Å². The topological polar surface area (TPSA) is 126 Å². The van der Waals surface area contributed by atoms with Crippen molar-refractivity contribution in [1.82, 2.24) is 19.9 Å². The van der Waals surface area contributed by atoms with E-state index in [0.29, 0.717) is 21.3 Å². The molecule has 3 aromatic rings. The van der Waals surface area contributed by atoms with Crippen molar-refractivity contribution < 1.29 is 23.5 Å². The van der Waals surface area contributed by atoms with Crippen molar-refractivity contribution in [3.63, 3.8) is 0 Å². The van der Waals surface area contributed by atoms with Gasteiger partial charge in [-0.25, -0.2) is 23.5 Å². The van der Waals surface area contributed by atoms with Crippen molar-refractivity contribution in [1.29, 1.82) is 0 Å². The predicted molar refractivity (Wildman–Crippen MR) is 117 cm³/mol. The summed E-state index contributed by atoms with van der Waals surface area (Å²) in [5.74, 6) is -4.14. The molecule has 1 saturated carbocycles. The molecule has 1 amide bonds. The van der Waals surface area contributed by atoms with Crippen LogP contribution in [-0.2, 0) is 5.66 Å². The van der Waals surface area contributed by atoms with Crippen LogP contribution in [0.3, 0.4) is 0 Å². The summed E-state index contributed by atoms with van der Waals surface area (Å²) in [4.78, 5) is 46.6. The van der Waals surface area contributed by atoms with Crippen LogP contribution in [0.1, 0.15) is 57.0 Å². The Morgan fingerprint density at radius 2 is 1.91 bits per heavy atom. The number of hydrogen-bond acceptors (Lipinski definition) is 7. The van der Waals surface area contributed by atoms with E-state index in [1.807, 2.05) is 0 Å². The summed E-state index contributed by atoms with van der Waals surface area (Å²) >= 11 is 1.00. The van der Waals surface area contributed by atoms with Gasteiger partial charge in [0.25, 0.3) is 11.5 Å². The first-order valence-corrected chi connectivity index (χ1v) is 11.1. The first-order chi connectivity index (χ1) is 15.5. The zero-order valence-electron chi connectivity index (χ0n) is 17.7. The lowest BCUT2D eigenvalue weighted by molar-refractivity contribution is -0.0667. The van der Waals surface area contributed by atoms with E-state index in [0.717, 1.165) is 11.3 Å². The van der Waals surface area contributed by atoms with Crippen LogP contribution in [-0.4, -0.2) is 37.4 Å². The van der Waals surface area contributed by atoms with Gasteiger partial charge in [-0.15, -0.1) is 11.3 Å². The molecule has 1 aliphatic carbocycles. The fraction of sp³-hybridized carbons (Fsp3) is 0.381. The number of hydrogen-bond donors (Lipinski definition) is 3. The summed E-state index contributed by atoms with van der Waals surface area (Å²) < 4.78 is 29.0. The third-order valence-corrected chi connectivity index (χ3v) is 7.55. The highest BCUT2D eigenvalue weighted by atomic mass is 32.1. The summed E-state index contributed by atoms with van der Waals surface area (Å²) in [6.45, 7) is 3.30. The van der Waals surface area contributed by atoms with E-state index in [4.69, 9.17) is 0 Å². The minimum absolute atomic E-state index is 0.0646. The van der Waals surface area contributed by atoms with Gasteiger partial charge in [-0.05, 0) is 43.9 Å². The lowest BCUT2D eigenvalue weighted by atomic mass is 9.86. The molecule has 5 rings (SSSR count). The number of pyridine rings is 1. The van der Waals surface area contributed by atoms with Crippen molar-refractivity contribution in [2.75, 3.05) is 5.32 Å². The fourth-order valence-electron chi connectivity index (χ4n) is 4.73. The third kappa shape index (κ3) is 3.19. The second kappa shape index (κ2) is 7.04. The predicted octanol–water partition coefficient (Wildman–Crippen LogP) is 3.52. The van der Waals surface area contributed by atoms with E-state index in [2.05, 4.69) is 20.6 Å². The van der Waals surface area contributed by atoms with E-state index in [9.17, 15) is 28.3 Å². The number of fused-ring (bicyclic) bond motifs is 3. The number of alkyl halides is 2. The molecule has 3 aromatic heterocycles. The van der Waals surface area contributed by atoms with Gasteiger partial charge in [0.15, 0.2) is 0 Å². The molecule has 1 fully saturated rings. The monoisotopic (exact) mass is 475 g/mol. The molecule has 12 heteroatoms. The number of carbonyl (C=O) groups is 2. The van der Waals surface area contributed by atoms with Gasteiger partial charge in [0.2, 0.25) is 5.92 Å². The number of carbonyl (C=O) groups excluding carboxylic acids is 1. The van der Waals surface area contributed by atoms with Crippen LogP contribution in [0.25, 0.3) is 10.2 Å². The molecule has 0 atom stereocenters. The Bertz CT molecular complexity index is 1400. The second-order valence-corrected chi connectivity index (χ2v) is 9.46. The second-order valence-electron chi connectivity index (χ2n) is 8.46. The highest BCUT2D eigenvalue weighted by molar-refractivity contribution is 7.20. The van der Waals surface area contributed by atoms with E-state index in [1.165, 1.54) is 17.0 Å². The van der Waals surface area contributed by atoms with E-state index in [1.54, 1.807) is 13.8 Å². The molecule has 0 saturated heterocycles. The summed E-state index contributed by atoms with van der Waals surface area (Å²) in [6.07, 6.45) is 0.262. The molecular weight excluding hydrogens is 456 g/mol. The molecule has 3 N–H and O–H groups in total. The number of nitrogens with one attached hydrogen (secondary N) is 2. The van der Waals surface area contributed by atoms with Crippen molar-refractivity contribution in [3.8, 4) is 0 Å². The number of carboxylic acid groups (broad SMARTS) is 1. The zero-order chi connectivity index (χ0) is 23.7. The Morgan fingerprint density at radius 1 is 1.21 bits per heavy atom. The lowest BCUT2D eigenvalue weighted by Gasteiger charge is -2.38. The highest BCUT2D eigenvalue weighted by Gasteiger charge is 2.51. The smallest absolute Gasteiger partial charge is 0.346 e. The van der Waals surface area contributed by atoms with Crippen LogP contribution in [0.2, 0.25) is 0 Å². The zero-order valence-corrected chi connectivity index (χ0v) is 18.5. The van der Waals surface area contributed by atoms with Gasteiger partial charge in [-0.2, -0.15) is 0 Å². The lowest BCUT2D eigenvalue weighted by Crippen LogP contribution is -2.51. The molecule has 0 aromatic carbocycles. The van der Waals surface area contributed by atoms with E-state index >= 15 is 0 Å². The molecule has 1 aliphatic heterocycles. The Hall–Kier alpha value is -3.41. The number of amides is 1. The molecule has 4 heterocycles.